The van der Waals surface area contributed by atoms with Crippen LogP contribution in [0.15, 0.2) is 0 Å². The van der Waals surface area contributed by atoms with E-state index in [1.54, 1.807) is 18.7 Å². The molecule has 0 radical (unpaired) electrons. The first-order chi connectivity index (χ1) is 6.72. The molecule has 0 aromatic carbocycles. The molecule has 0 fully saturated rings. The Morgan fingerprint density at radius 2 is 2.00 bits per heavy atom. The first-order valence-electron chi connectivity index (χ1n) is 4.80. The van der Waals surface area contributed by atoms with Crippen molar-refractivity contribution in [1.29, 1.82) is 0 Å². The topological polar surface area (TPSA) is 52.3 Å². The van der Waals surface area contributed by atoms with Crippen LogP contribution in [-0.4, -0.2) is 41.6 Å². The Hall–Kier alpha value is 0.130. The smallest absolute Gasteiger partial charge is 0.323 e. The largest absolute Gasteiger partial charge is 0.465 e. The van der Waals surface area contributed by atoms with E-state index in [9.17, 15) is 4.79 Å². The van der Waals surface area contributed by atoms with Crippen molar-refractivity contribution in [2.75, 3.05) is 29.6 Å². The number of nitrogens with two attached hydrogens (primary N) is 1. The Labute approximate surface area is 94.5 Å². The maximum absolute atomic E-state index is 11.1. The average molecular weight is 237 g/mol. The molecule has 0 aliphatic carbocycles. The number of rotatable bonds is 8. The van der Waals surface area contributed by atoms with Gasteiger partial charge in [0.15, 0.2) is 0 Å². The van der Waals surface area contributed by atoms with E-state index in [-0.39, 0.29) is 5.97 Å². The van der Waals surface area contributed by atoms with Crippen molar-refractivity contribution in [1.82, 2.24) is 0 Å². The summed E-state index contributed by atoms with van der Waals surface area (Å²) in [6, 6.07) is -0.466. The standard InChI is InChI=1S/C9H19NO2S2/c1-3-12-9(11)8(10)7-14-6-5-13-4-2/h8H,3-7,10H2,1-2H3. The minimum absolute atomic E-state index is 0.289. The fourth-order valence-corrected chi connectivity index (χ4v) is 2.58. The Balaban J connectivity index is 3.34. The fraction of sp³-hybridized carbons (Fsp3) is 0.889. The van der Waals surface area contributed by atoms with Gasteiger partial charge in [-0.15, -0.1) is 0 Å². The maximum atomic E-state index is 11.1. The molecular weight excluding hydrogens is 218 g/mol. The lowest BCUT2D eigenvalue weighted by molar-refractivity contribution is -0.144. The Morgan fingerprint density at radius 3 is 2.57 bits per heavy atom. The second-order valence-electron chi connectivity index (χ2n) is 2.63. The molecule has 0 aromatic heterocycles. The molecule has 0 amide bonds. The van der Waals surface area contributed by atoms with Crippen LogP contribution >= 0.6 is 23.5 Å². The van der Waals surface area contributed by atoms with E-state index in [0.29, 0.717) is 12.4 Å². The summed E-state index contributed by atoms with van der Waals surface area (Å²) >= 11 is 3.61. The van der Waals surface area contributed by atoms with Crippen molar-refractivity contribution in [3.63, 3.8) is 0 Å². The van der Waals surface area contributed by atoms with Crippen LogP contribution in [0, 0.1) is 0 Å². The fourth-order valence-electron chi connectivity index (χ4n) is 0.790. The second-order valence-corrected chi connectivity index (χ2v) is 5.17. The highest BCUT2D eigenvalue weighted by atomic mass is 32.2. The van der Waals surface area contributed by atoms with Crippen molar-refractivity contribution in [3.8, 4) is 0 Å². The summed E-state index contributed by atoms with van der Waals surface area (Å²) in [5.41, 5.74) is 5.62. The summed E-state index contributed by atoms with van der Waals surface area (Å²) in [6.07, 6.45) is 0. The third-order valence-corrected chi connectivity index (χ3v) is 3.71. The SMILES string of the molecule is CCOC(=O)C(N)CSCCSCC. The van der Waals surface area contributed by atoms with Gasteiger partial charge in [-0.25, -0.2) is 0 Å². The highest BCUT2D eigenvalue weighted by molar-refractivity contribution is 8.02. The Morgan fingerprint density at radius 1 is 1.36 bits per heavy atom. The predicted molar refractivity (Wildman–Crippen MR) is 64.9 cm³/mol. The molecule has 1 unspecified atom stereocenters. The van der Waals surface area contributed by atoms with Crippen molar-refractivity contribution >= 4 is 29.5 Å². The van der Waals surface area contributed by atoms with Gasteiger partial charge in [0.1, 0.15) is 6.04 Å². The van der Waals surface area contributed by atoms with Gasteiger partial charge in [0, 0.05) is 17.3 Å². The Kier molecular flexibility index (Phi) is 9.77. The molecule has 0 saturated carbocycles. The molecule has 0 aromatic rings. The summed E-state index contributed by atoms with van der Waals surface area (Å²) in [4.78, 5) is 11.1. The lowest BCUT2D eigenvalue weighted by Crippen LogP contribution is -2.34. The van der Waals surface area contributed by atoms with Gasteiger partial charge in [-0.3, -0.25) is 4.79 Å². The first kappa shape index (κ1) is 14.1. The second kappa shape index (κ2) is 9.68. The zero-order valence-corrected chi connectivity index (χ0v) is 10.5. The zero-order chi connectivity index (χ0) is 10.8. The van der Waals surface area contributed by atoms with Gasteiger partial charge in [0.25, 0.3) is 0 Å². The van der Waals surface area contributed by atoms with Crippen molar-refractivity contribution < 1.29 is 9.53 Å². The first-order valence-corrected chi connectivity index (χ1v) is 7.11. The molecule has 5 heteroatoms. The molecule has 3 nitrogen and oxygen atoms in total. The highest BCUT2D eigenvalue weighted by Gasteiger charge is 2.13. The van der Waals surface area contributed by atoms with Crippen LogP contribution in [0.4, 0.5) is 0 Å². The van der Waals surface area contributed by atoms with E-state index in [0.717, 1.165) is 17.3 Å². The van der Waals surface area contributed by atoms with Gasteiger partial charge in [0.2, 0.25) is 0 Å². The molecule has 0 aliphatic rings. The molecule has 0 heterocycles. The minimum atomic E-state index is -0.466. The predicted octanol–water partition coefficient (Wildman–Crippen LogP) is 1.36. The van der Waals surface area contributed by atoms with E-state index >= 15 is 0 Å². The van der Waals surface area contributed by atoms with Crippen LogP contribution in [0.3, 0.4) is 0 Å². The lowest BCUT2D eigenvalue weighted by Gasteiger charge is -2.09. The minimum Gasteiger partial charge on any atom is -0.465 e. The van der Waals surface area contributed by atoms with Gasteiger partial charge in [-0.2, -0.15) is 23.5 Å². The van der Waals surface area contributed by atoms with Crippen molar-refractivity contribution in [2.45, 2.75) is 19.9 Å². The zero-order valence-electron chi connectivity index (χ0n) is 8.82. The van der Waals surface area contributed by atoms with E-state index in [2.05, 4.69) is 6.92 Å². The Bertz CT molecular complexity index is 156. The van der Waals surface area contributed by atoms with Crippen LogP contribution in [0.1, 0.15) is 13.8 Å². The highest BCUT2D eigenvalue weighted by Crippen LogP contribution is 2.07. The van der Waals surface area contributed by atoms with Crippen LogP contribution in [-0.2, 0) is 9.53 Å². The van der Waals surface area contributed by atoms with Crippen LogP contribution in [0.5, 0.6) is 0 Å². The average Bonchev–Trinajstić information content (AvgIpc) is 2.17. The summed E-state index contributed by atoms with van der Waals surface area (Å²) in [5.74, 6) is 3.68. The molecule has 2 N–H and O–H groups in total. The summed E-state index contributed by atoms with van der Waals surface area (Å²) in [5, 5.41) is 0. The molecule has 14 heavy (non-hydrogen) atoms. The summed E-state index contributed by atoms with van der Waals surface area (Å²) in [7, 11) is 0. The third kappa shape index (κ3) is 7.53. The molecule has 1 atom stereocenters. The summed E-state index contributed by atoms with van der Waals surface area (Å²) in [6.45, 7) is 4.33. The quantitative estimate of drug-likeness (QED) is 0.510. The number of thioether (sulfide) groups is 2. The van der Waals surface area contributed by atoms with Gasteiger partial charge in [0.05, 0.1) is 6.61 Å². The maximum Gasteiger partial charge on any atom is 0.323 e. The number of esters is 1. The van der Waals surface area contributed by atoms with E-state index in [1.807, 2.05) is 11.8 Å². The molecule has 84 valence electrons. The van der Waals surface area contributed by atoms with E-state index in [1.165, 1.54) is 0 Å². The van der Waals surface area contributed by atoms with Gasteiger partial charge in [-0.05, 0) is 12.7 Å². The molecular formula is C9H19NO2S2. The number of carbonyl (C=O) groups is 1. The number of carbonyl (C=O) groups excluding carboxylic acids is 1. The van der Waals surface area contributed by atoms with Gasteiger partial charge >= 0.3 is 5.97 Å². The molecule has 0 rings (SSSR count). The van der Waals surface area contributed by atoms with Crippen LogP contribution in [0.2, 0.25) is 0 Å². The van der Waals surface area contributed by atoms with Gasteiger partial charge < -0.3 is 10.5 Å². The molecule has 0 bridgehead atoms. The number of hydrogen-bond acceptors (Lipinski definition) is 5. The molecule has 0 saturated heterocycles. The van der Waals surface area contributed by atoms with E-state index in [4.69, 9.17) is 10.5 Å². The molecule has 0 spiro atoms. The summed E-state index contributed by atoms with van der Waals surface area (Å²) < 4.78 is 4.80. The van der Waals surface area contributed by atoms with E-state index < -0.39 is 6.04 Å². The van der Waals surface area contributed by atoms with Crippen LogP contribution in [0.25, 0.3) is 0 Å². The number of hydrogen-bond donors (Lipinski definition) is 1. The van der Waals surface area contributed by atoms with Gasteiger partial charge in [-0.1, -0.05) is 6.92 Å². The third-order valence-electron chi connectivity index (χ3n) is 1.46. The number of ether oxygens (including phenoxy) is 1. The molecule has 0 aliphatic heterocycles. The van der Waals surface area contributed by atoms with Crippen molar-refractivity contribution in [2.24, 2.45) is 5.73 Å². The lowest BCUT2D eigenvalue weighted by atomic mass is 10.4. The monoisotopic (exact) mass is 237 g/mol. The normalized spacial score (nSPS) is 12.5. The van der Waals surface area contributed by atoms with Crippen molar-refractivity contribution in [3.05, 3.63) is 0 Å². The van der Waals surface area contributed by atoms with Crippen LogP contribution < -0.4 is 5.73 Å².